The zero-order valence-corrected chi connectivity index (χ0v) is 9.93. The van der Waals surface area contributed by atoms with E-state index in [0.717, 1.165) is 0 Å². The molecule has 0 atom stereocenters. The van der Waals surface area contributed by atoms with Gasteiger partial charge in [-0.25, -0.2) is 4.39 Å². The number of ketones is 1. The van der Waals surface area contributed by atoms with E-state index in [9.17, 15) is 9.18 Å². The van der Waals surface area contributed by atoms with E-state index in [4.69, 9.17) is 5.26 Å². The number of carbonyl (C=O) groups excluding carboxylic acids is 1. The van der Waals surface area contributed by atoms with Crippen LogP contribution in [-0.4, -0.2) is 10.8 Å². The Morgan fingerprint density at radius 3 is 2.42 bits per heavy atom. The lowest BCUT2D eigenvalue weighted by molar-refractivity contribution is 0.105. The van der Waals surface area contributed by atoms with Crippen molar-refractivity contribution in [2.45, 2.75) is 0 Å². The van der Waals surface area contributed by atoms with Crippen LogP contribution in [0.2, 0.25) is 0 Å². The summed E-state index contributed by atoms with van der Waals surface area (Å²) in [6.07, 6.45) is 1.37. The molecule has 0 fully saturated rings. The Morgan fingerprint density at radius 1 is 1.21 bits per heavy atom. The van der Waals surface area contributed by atoms with Gasteiger partial charge in [0, 0.05) is 17.3 Å². The minimum atomic E-state index is -0.404. The van der Waals surface area contributed by atoms with Crippen LogP contribution in [0.5, 0.6) is 0 Å². The quantitative estimate of drug-likeness (QED) is 0.623. The maximum Gasteiger partial charge on any atom is 0.194 e. The molecule has 0 aliphatic rings. The van der Waals surface area contributed by atoms with Crippen molar-refractivity contribution in [3.8, 4) is 6.07 Å². The average Bonchev–Trinajstić information content (AvgIpc) is 2.46. The first-order valence-electron chi connectivity index (χ1n) is 5.47. The molecule has 1 heterocycles. The number of hydrogen-bond acceptors (Lipinski definition) is 3. The molecule has 0 unspecified atom stereocenters. The monoisotopic (exact) mass is 252 g/mol. The molecule has 3 nitrogen and oxygen atoms in total. The van der Waals surface area contributed by atoms with Crippen molar-refractivity contribution in [1.29, 1.82) is 5.26 Å². The average molecular weight is 252 g/mol. The molecule has 1 aromatic carbocycles. The van der Waals surface area contributed by atoms with Gasteiger partial charge in [-0.2, -0.15) is 5.26 Å². The van der Waals surface area contributed by atoms with Gasteiger partial charge in [0.25, 0.3) is 0 Å². The van der Waals surface area contributed by atoms with Crippen LogP contribution in [-0.2, 0) is 0 Å². The summed E-state index contributed by atoms with van der Waals surface area (Å²) < 4.78 is 12.8. The number of nitrogens with zero attached hydrogens (tertiary/aromatic N) is 2. The van der Waals surface area contributed by atoms with Gasteiger partial charge in [0.15, 0.2) is 5.78 Å². The minimum Gasteiger partial charge on any atom is -0.289 e. The number of halogens is 1. The molecule has 1 aromatic heterocycles. The van der Waals surface area contributed by atoms with Crippen molar-refractivity contribution in [3.05, 3.63) is 71.8 Å². The minimum absolute atomic E-state index is 0.205. The van der Waals surface area contributed by atoms with Crippen LogP contribution < -0.4 is 0 Å². The third-order valence-corrected chi connectivity index (χ3v) is 2.58. The van der Waals surface area contributed by atoms with Crippen molar-refractivity contribution < 1.29 is 9.18 Å². The molecular formula is C15H9FN2O. The number of aromatic nitrogens is 1. The first-order chi connectivity index (χ1) is 9.11. The Kier molecular flexibility index (Phi) is 3.48. The van der Waals surface area contributed by atoms with Crippen LogP contribution in [0.4, 0.5) is 4.39 Å². The van der Waals surface area contributed by atoms with E-state index in [2.05, 4.69) is 11.6 Å². The van der Waals surface area contributed by atoms with Gasteiger partial charge in [0.1, 0.15) is 11.9 Å². The zero-order valence-electron chi connectivity index (χ0n) is 9.93. The van der Waals surface area contributed by atoms with Gasteiger partial charge in [0.2, 0.25) is 0 Å². The number of nitriles is 1. The molecule has 0 saturated heterocycles. The van der Waals surface area contributed by atoms with Crippen LogP contribution in [0.15, 0.2) is 49.2 Å². The Hall–Kier alpha value is -2.80. The largest absolute Gasteiger partial charge is 0.289 e. The van der Waals surface area contributed by atoms with E-state index >= 15 is 0 Å². The second kappa shape index (κ2) is 5.23. The number of rotatable bonds is 3. The number of benzene rings is 1. The second-order valence-electron chi connectivity index (χ2n) is 3.86. The molecule has 0 radical (unpaired) electrons. The Labute approximate surface area is 109 Å². The zero-order chi connectivity index (χ0) is 13.8. The number of allylic oxidation sites excluding steroid dienone is 1. The van der Waals surface area contributed by atoms with Crippen molar-refractivity contribution >= 4 is 11.4 Å². The SMILES string of the molecule is C=C(C(=O)c1ccc(F)cc1)c1ccc(C#N)cn1. The van der Waals surface area contributed by atoms with Crippen LogP contribution >= 0.6 is 0 Å². The number of pyridine rings is 1. The smallest absolute Gasteiger partial charge is 0.194 e. The number of hydrogen-bond donors (Lipinski definition) is 0. The lowest BCUT2D eigenvalue weighted by Crippen LogP contribution is -2.03. The molecule has 0 aliphatic heterocycles. The highest BCUT2D eigenvalue weighted by molar-refractivity contribution is 6.27. The molecule has 19 heavy (non-hydrogen) atoms. The maximum atomic E-state index is 12.8. The lowest BCUT2D eigenvalue weighted by atomic mass is 10.0. The summed E-state index contributed by atoms with van der Waals surface area (Å²) in [5.74, 6) is -0.726. The molecule has 0 spiro atoms. The van der Waals surface area contributed by atoms with E-state index in [1.54, 1.807) is 12.1 Å². The van der Waals surface area contributed by atoms with Gasteiger partial charge in [0.05, 0.1) is 11.3 Å². The van der Waals surface area contributed by atoms with Crippen LogP contribution in [0.25, 0.3) is 5.57 Å². The van der Waals surface area contributed by atoms with Crippen LogP contribution in [0, 0.1) is 17.1 Å². The normalized spacial score (nSPS) is 9.68. The van der Waals surface area contributed by atoms with Crippen molar-refractivity contribution in [1.82, 2.24) is 4.98 Å². The van der Waals surface area contributed by atoms with Gasteiger partial charge in [-0.05, 0) is 36.4 Å². The van der Waals surface area contributed by atoms with Gasteiger partial charge in [-0.3, -0.25) is 9.78 Å². The fourth-order valence-electron chi connectivity index (χ4n) is 1.53. The van der Waals surface area contributed by atoms with Crippen LogP contribution in [0.1, 0.15) is 21.6 Å². The summed E-state index contributed by atoms with van der Waals surface area (Å²) in [6.45, 7) is 3.69. The molecule has 0 aliphatic carbocycles. The van der Waals surface area contributed by atoms with Gasteiger partial charge in [-0.15, -0.1) is 0 Å². The van der Waals surface area contributed by atoms with Crippen molar-refractivity contribution in [2.75, 3.05) is 0 Å². The second-order valence-corrected chi connectivity index (χ2v) is 3.86. The van der Waals surface area contributed by atoms with Gasteiger partial charge < -0.3 is 0 Å². The summed E-state index contributed by atoms with van der Waals surface area (Å²) in [4.78, 5) is 16.1. The van der Waals surface area contributed by atoms with E-state index in [1.165, 1.54) is 30.5 Å². The molecule has 0 bridgehead atoms. The summed E-state index contributed by atoms with van der Waals surface area (Å²) in [5, 5.41) is 8.67. The maximum absolute atomic E-state index is 12.8. The lowest BCUT2D eigenvalue weighted by Gasteiger charge is -2.04. The number of Topliss-reactive ketones (excluding diaryl/α,β-unsaturated/α-hetero) is 1. The van der Waals surface area contributed by atoms with Crippen molar-refractivity contribution in [2.24, 2.45) is 0 Å². The Bertz CT molecular complexity index is 667. The molecule has 0 saturated carbocycles. The van der Waals surface area contributed by atoms with E-state index in [1.807, 2.05) is 6.07 Å². The molecule has 2 aromatic rings. The summed E-state index contributed by atoms with van der Waals surface area (Å²) in [5.41, 5.74) is 1.35. The first-order valence-corrected chi connectivity index (χ1v) is 5.47. The third kappa shape index (κ3) is 2.72. The molecule has 4 heteroatoms. The fourth-order valence-corrected chi connectivity index (χ4v) is 1.53. The fraction of sp³-hybridized carbons (Fsp3) is 0. The highest BCUT2D eigenvalue weighted by atomic mass is 19.1. The summed E-state index contributed by atoms with van der Waals surface area (Å²) in [6, 6.07) is 10.3. The standard InChI is InChI=1S/C15H9FN2O/c1-10(14-7-2-11(8-17)9-18-14)15(19)12-3-5-13(16)6-4-12/h2-7,9H,1H2. The topological polar surface area (TPSA) is 53.8 Å². The Morgan fingerprint density at radius 2 is 1.89 bits per heavy atom. The predicted molar refractivity (Wildman–Crippen MR) is 68.7 cm³/mol. The summed E-state index contributed by atoms with van der Waals surface area (Å²) in [7, 11) is 0. The van der Waals surface area contributed by atoms with Gasteiger partial charge in [-0.1, -0.05) is 6.58 Å². The molecular weight excluding hydrogens is 243 g/mol. The highest BCUT2D eigenvalue weighted by Crippen LogP contribution is 2.16. The molecule has 92 valence electrons. The Balaban J connectivity index is 2.26. The third-order valence-electron chi connectivity index (χ3n) is 2.58. The van der Waals surface area contributed by atoms with E-state index < -0.39 is 5.82 Å². The van der Waals surface area contributed by atoms with E-state index in [-0.39, 0.29) is 11.4 Å². The highest BCUT2D eigenvalue weighted by Gasteiger charge is 2.13. The van der Waals surface area contributed by atoms with Gasteiger partial charge >= 0.3 is 0 Å². The van der Waals surface area contributed by atoms with Crippen LogP contribution in [0.3, 0.4) is 0 Å². The molecule has 0 N–H and O–H groups in total. The predicted octanol–water partition coefficient (Wildman–Crippen LogP) is 2.99. The van der Waals surface area contributed by atoms with E-state index in [0.29, 0.717) is 16.8 Å². The molecule has 0 amide bonds. The molecule has 2 rings (SSSR count). The van der Waals surface area contributed by atoms with Crippen molar-refractivity contribution in [3.63, 3.8) is 0 Å². The number of carbonyl (C=O) groups is 1. The summed E-state index contributed by atoms with van der Waals surface area (Å²) >= 11 is 0. The first kappa shape index (κ1) is 12.7.